The lowest BCUT2D eigenvalue weighted by Gasteiger charge is -2.10. The Hall–Kier alpha value is -0.940. The highest BCUT2D eigenvalue weighted by atomic mass is 79.9. The molecule has 0 fully saturated rings. The standard InChI is InChI=1S/C15H9BrCl2N2S/c1-8-4-2-3-5-9(8)12-13(17)19-15(20-14(12)18)10-6-7-11(16)21-10/h2-7H,1H3. The summed E-state index contributed by atoms with van der Waals surface area (Å²) in [4.78, 5) is 9.71. The second-order valence-electron chi connectivity index (χ2n) is 4.42. The van der Waals surface area contributed by atoms with Gasteiger partial charge in [-0.3, -0.25) is 0 Å². The predicted octanol–water partition coefficient (Wildman–Crippen LogP) is 6.25. The Balaban J connectivity index is 2.15. The molecule has 1 aromatic carbocycles. The van der Waals surface area contributed by atoms with Crippen LogP contribution in [0.3, 0.4) is 0 Å². The molecule has 0 aliphatic heterocycles. The Morgan fingerprint density at radius 2 is 1.67 bits per heavy atom. The largest absolute Gasteiger partial charge is 0.215 e. The average Bonchev–Trinajstić information content (AvgIpc) is 2.87. The fourth-order valence-corrected chi connectivity index (χ4v) is 3.94. The molecule has 0 aliphatic rings. The maximum atomic E-state index is 6.36. The van der Waals surface area contributed by atoms with Crippen LogP contribution in [0.15, 0.2) is 40.2 Å². The minimum atomic E-state index is 0.365. The maximum absolute atomic E-state index is 6.36. The fourth-order valence-electron chi connectivity index (χ4n) is 2.03. The molecule has 21 heavy (non-hydrogen) atoms. The topological polar surface area (TPSA) is 25.8 Å². The smallest absolute Gasteiger partial charge is 0.172 e. The van der Waals surface area contributed by atoms with Crippen LogP contribution in [-0.4, -0.2) is 9.97 Å². The number of benzene rings is 1. The van der Waals surface area contributed by atoms with Crippen molar-refractivity contribution in [2.45, 2.75) is 6.92 Å². The van der Waals surface area contributed by atoms with E-state index < -0.39 is 0 Å². The molecule has 0 N–H and O–H groups in total. The van der Waals surface area contributed by atoms with E-state index in [0.29, 0.717) is 21.7 Å². The van der Waals surface area contributed by atoms with Gasteiger partial charge in [0.2, 0.25) is 0 Å². The zero-order chi connectivity index (χ0) is 15.0. The van der Waals surface area contributed by atoms with Crippen LogP contribution in [0.2, 0.25) is 10.3 Å². The van der Waals surface area contributed by atoms with Crippen molar-refractivity contribution in [2.75, 3.05) is 0 Å². The number of thiophene rings is 1. The van der Waals surface area contributed by atoms with Crippen molar-refractivity contribution in [3.05, 3.63) is 56.1 Å². The van der Waals surface area contributed by atoms with Crippen LogP contribution in [0.4, 0.5) is 0 Å². The van der Waals surface area contributed by atoms with Gasteiger partial charge in [-0.05, 0) is 46.1 Å². The van der Waals surface area contributed by atoms with E-state index in [1.54, 1.807) is 0 Å². The summed E-state index contributed by atoms with van der Waals surface area (Å²) in [7, 11) is 0. The molecule has 0 saturated carbocycles. The van der Waals surface area contributed by atoms with Crippen molar-refractivity contribution >= 4 is 50.5 Å². The highest BCUT2D eigenvalue weighted by Gasteiger charge is 2.16. The lowest BCUT2D eigenvalue weighted by molar-refractivity contribution is 1.19. The zero-order valence-electron chi connectivity index (χ0n) is 10.9. The second-order valence-corrected chi connectivity index (χ2v) is 7.60. The highest BCUT2D eigenvalue weighted by molar-refractivity contribution is 9.11. The molecular weight excluding hydrogens is 391 g/mol. The number of aryl methyl sites for hydroxylation is 1. The van der Waals surface area contributed by atoms with E-state index in [1.165, 1.54) is 11.3 Å². The van der Waals surface area contributed by atoms with E-state index in [4.69, 9.17) is 23.2 Å². The number of rotatable bonds is 2. The van der Waals surface area contributed by atoms with Crippen LogP contribution in [0.1, 0.15) is 5.56 Å². The molecule has 2 heterocycles. The van der Waals surface area contributed by atoms with Gasteiger partial charge in [-0.25, -0.2) is 9.97 Å². The molecule has 0 atom stereocenters. The lowest BCUT2D eigenvalue weighted by atomic mass is 10.0. The van der Waals surface area contributed by atoms with Gasteiger partial charge in [-0.2, -0.15) is 0 Å². The first-order valence-corrected chi connectivity index (χ1v) is 8.47. The van der Waals surface area contributed by atoms with Crippen molar-refractivity contribution in [3.63, 3.8) is 0 Å². The van der Waals surface area contributed by atoms with Gasteiger partial charge in [-0.1, -0.05) is 47.5 Å². The first kappa shape index (κ1) is 15.0. The van der Waals surface area contributed by atoms with Crippen molar-refractivity contribution < 1.29 is 0 Å². The van der Waals surface area contributed by atoms with Gasteiger partial charge in [0.1, 0.15) is 10.3 Å². The molecule has 3 rings (SSSR count). The molecule has 0 saturated heterocycles. The molecule has 0 bridgehead atoms. The van der Waals surface area contributed by atoms with Crippen LogP contribution in [0.5, 0.6) is 0 Å². The van der Waals surface area contributed by atoms with Gasteiger partial charge >= 0.3 is 0 Å². The molecule has 2 nitrogen and oxygen atoms in total. The molecule has 0 aliphatic carbocycles. The Bertz CT molecular complexity index is 794. The van der Waals surface area contributed by atoms with Gasteiger partial charge in [0, 0.05) is 0 Å². The van der Waals surface area contributed by atoms with Crippen molar-refractivity contribution in [3.8, 4) is 21.8 Å². The first-order valence-electron chi connectivity index (χ1n) is 6.11. The van der Waals surface area contributed by atoms with E-state index in [-0.39, 0.29) is 0 Å². The van der Waals surface area contributed by atoms with E-state index in [1.807, 2.05) is 43.3 Å². The molecule has 0 unspecified atom stereocenters. The Morgan fingerprint density at radius 1 is 1.00 bits per heavy atom. The summed E-state index contributed by atoms with van der Waals surface area (Å²) in [6.07, 6.45) is 0. The van der Waals surface area contributed by atoms with Crippen LogP contribution in [0.25, 0.3) is 21.8 Å². The lowest BCUT2D eigenvalue weighted by Crippen LogP contribution is -1.94. The highest BCUT2D eigenvalue weighted by Crippen LogP contribution is 2.37. The third-order valence-electron chi connectivity index (χ3n) is 3.03. The van der Waals surface area contributed by atoms with Crippen LogP contribution in [-0.2, 0) is 0 Å². The third kappa shape index (κ3) is 2.99. The second kappa shape index (κ2) is 6.05. The molecule has 6 heteroatoms. The maximum Gasteiger partial charge on any atom is 0.172 e. The quantitative estimate of drug-likeness (QED) is 0.476. The van der Waals surface area contributed by atoms with Crippen LogP contribution < -0.4 is 0 Å². The number of aromatic nitrogens is 2. The van der Waals surface area contributed by atoms with Gasteiger partial charge in [-0.15, -0.1) is 11.3 Å². The molecule has 0 amide bonds. The van der Waals surface area contributed by atoms with Crippen molar-refractivity contribution in [1.29, 1.82) is 0 Å². The van der Waals surface area contributed by atoms with E-state index in [2.05, 4.69) is 25.9 Å². The first-order chi connectivity index (χ1) is 10.1. The SMILES string of the molecule is Cc1ccccc1-c1c(Cl)nc(-c2ccc(Br)s2)nc1Cl. The molecule has 0 radical (unpaired) electrons. The minimum absolute atomic E-state index is 0.365. The van der Waals surface area contributed by atoms with Gasteiger partial charge in [0.05, 0.1) is 14.2 Å². The van der Waals surface area contributed by atoms with E-state index in [0.717, 1.165) is 19.8 Å². The predicted molar refractivity (Wildman–Crippen MR) is 93.2 cm³/mol. The third-order valence-corrected chi connectivity index (χ3v) is 5.20. The summed E-state index contributed by atoms with van der Waals surface area (Å²) in [5, 5.41) is 0.729. The number of halogens is 3. The number of hydrogen-bond donors (Lipinski definition) is 0. The van der Waals surface area contributed by atoms with Crippen LogP contribution >= 0.6 is 50.5 Å². The summed E-state index contributed by atoms with van der Waals surface area (Å²) in [5.41, 5.74) is 2.71. The molecule has 3 aromatic rings. The zero-order valence-corrected chi connectivity index (χ0v) is 14.8. The normalized spacial score (nSPS) is 10.9. The summed E-state index contributed by atoms with van der Waals surface area (Å²) >= 11 is 17.7. The minimum Gasteiger partial charge on any atom is -0.215 e. The van der Waals surface area contributed by atoms with Crippen LogP contribution in [0, 0.1) is 6.92 Å². The Kier molecular flexibility index (Phi) is 4.31. The van der Waals surface area contributed by atoms with E-state index in [9.17, 15) is 0 Å². The monoisotopic (exact) mass is 398 g/mol. The Morgan fingerprint density at radius 3 is 2.24 bits per heavy atom. The molecule has 0 spiro atoms. The van der Waals surface area contributed by atoms with Crippen molar-refractivity contribution in [1.82, 2.24) is 9.97 Å². The fraction of sp³-hybridized carbons (Fsp3) is 0.0667. The summed E-state index contributed by atoms with van der Waals surface area (Å²) < 4.78 is 1.01. The molecule has 2 aromatic heterocycles. The number of hydrogen-bond acceptors (Lipinski definition) is 3. The molecular formula is C15H9BrCl2N2S. The van der Waals surface area contributed by atoms with E-state index >= 15 is 0 Å². The van der Waals surface area contributed by atoms with Crippen molar-refractivity contribution in [2.24, 2.45) is 0 Å². The Labute approximate surface area is 144 Å². The summed E-state index contributed by atoms with van der Waals surface area (Å²) in [6.45, 7) is 2.01. The van der Waals surface area contributed by atoms with Gasteiger partial charge in [0.25, 0.3) is 0 Å². The summed E-state index contributed by atoms with van der Waals surface area (Å²) in [5.74, 6) is 0.540. The van der Waals surface area contributed by atoms with Gasteiger partial charge in [0.15, 0.2) is 5.82 Å². The summed E-state index contributed by atoms with van der Waals surface area (Å²) in [6, 6.07) is 11.8. The van der Waals surface area contributed by atoms with Gasteiger partial charge < -0.3 is 0 Å². The average molecular weight is 400 g/mol. The molecule has 106 valence electrons. The number of nitrogens with zero attached hydrogens (tertiary/aromatic N) is 2.